The number of pyridine rings is 1. The van der Waals surface area contributed by atoms with E-state index in [9.17, 15) is 31.4 Å². The molecule has 1 aliphatic heterocycles. The van der Waals surface area contributed by atoms with Crippen LogP contribution in [0.25, 0.3) is 10.9 Å². The van der Waals surface area contributed by atoms with Crippen LogP contribution < -0.4 is 0 Å². The summed E-state index contributed by atoms with van der Waals surface area (Å²) in [6, 6.07) is 3.26. The van der Waals surface area contributed by atoms with Crippen molar-refractivity contribution in [3.05, 3.63) is 41.1 Å². The van der Waals surface area contributed by atoms with Gasteiger partial charge in [0, 0.05) is 11.4 Å². The number of aliphatic hydroxyl groups is 1. The van der Waals surface area contributed by atoms with Gasteiger partial charge in [-0.3, -0.25) is 0 Å². The number of piperidine rings is 1. The Hall–Kier alpha value is -1.87. The number of hydrogen-bond donors (Lipinski definition) is 1. The Balaban J connectivity index is 2.24. The highest BCUT2D eigenvalue weighted by Gasteiger charge is 2.39. The van der Waals surface area contributed by atoms with Crippen LogP contribution in [0.4, 0.5) is 26.3 Å². The Labute approximate surface area is 151 Å². The first-order valence-corrected chi connectivity index (χ1v) is 8.46. The Morgan fingerprint density at radius 2 is 1.81 bits per heavy atom. The molecule has 1 saturated heterocycles. The molecule has 148 valence electrons. The average molecular weight is 392 g/mol. The van der Waals surface area contributed by atoms with Gasteiger partial charge in [0.2, 0.25) is 0 Å². The number of alkyl halides is 6. The van der Waals surface area contributed by atoms with Crippen molar-refractivity contribution in [1.29, 1.82) is 0 Å². The molecule has 1 N–H and O–H groups in total. The number of fused-ring (bicyclic) bond motifs is 1. The summed E-state index contributed by atoms with van der Waals surface area (Å²) in [7, 11) is 1.74. The highest BCUT2D eigenvalue weighted by atomic mass is 19.4. The van der Waals surface area contributed by atoms with E-state index in [1.165, 1.54) is 6.07 Å². The Bertz CT molecular complexity index is 833. The molecule has 0 radical (unpaired) electrons. The lowest BCUT2D eigenvalue weighted by Gasteiger charge is -2.36. The molecule has 1 unspecified atom stereocenters. The second-order valence-corrected chi connectivity index (χ2v) is 6.78. The molecule has 2 atom stereocenters. The fourth-order valence-electron chi connectivity index (χ4n) is 3.60. The molecular weight excluding hydrogens is 374 g/mol. The van der Waals surface area contributed by atoms with Crippen LogP contribution >= 0.6 is 0 Å². The normalized spacial score (nSPS) is 20.8. The van der Waals surface area contributed by atoms with Gasteiger partial charge in [0.15, 0.2) is 0 Å². The second-order valence-electron chi connectivity index (χ2n) is 6.78. The van der Waals surface area contributed by atoms with Crippen LogP contribution in [0.2, 0.25) is 0 Å². The number of nitrogens with zero attached hydrogens (tertiary/aromatic N) is 2. The summed E-state index contributed by atoms with van der Waals surface area (Å²) in [6.45, 7) is 0.657. The summed E-state index contributed by atoms with van der Waals surface area (Å²) in [5.74, 6) is 0. The zero-order chi connectivity index (χ0) is 20.0. The van der Waals surface area contributed by atoms with E-state index in [0.717, 1.165) is 18.9 Å². The molecule has 1 aliphatic rings. The molecule has 2 heterocycles. The highest BCUT2D eigenvalue weighted by Crippen LogP contribution is 2.40. The van der Waals surface area contributed by atoms with Gasteiger partial charge in [0.25, 0.3) is 0 Å². The molecule has 2 aromatic rings. The third kappa shape index (κ3) is 3.89. The lowest BCUT2D eigenvalue weighted by atomic mass is 9.90. The first-order valence-electron chi connectivity index (χ1n) is 8.46. The number of aliphatic hydroxyl groups excluding tert-OH is 1. The van der Waals surface area contributed by atoms with E-state index < -0.39 is 41.3 Å². The number of halogens is 6. The van der Waals surface area contributed by atoms with Crippen LogP contribution in [0.1, 0.15) is 42.2 Å². The fraction of sp³-hybridized carbons (Fsp3) is 0.500. The number of aromatic nitrogens is 1. The van der Waals surface area contributed by atoms with Crippen molar-refractivity contribution in [2.24, 2.45) is 0 Å². The second kappa shape index (κ2) is 6.94. The zero-order valence-corrected chi connectivity index (χ0v) is 14.4. The lowest BCUT2D eigenvalue weighted by molar-refractivity contribution is -0.142. The van der Waals surface area contributed by atoms with Crippen molar-refractivity contribution in [2.45, 2.75) is 43.8 Å². The molecule has 9 heteroatoms. The van der Waals surface area contributed by atoms with E-state index >= 15 is 0 Å². The van der Waals surface area contributed by atoms with Crippen molar-refractivity contribution in [3.8, 4) is 0 Å². The summed E-state index contributed by atoms with van der Waals surface area (Å²) in [6.07, 6.45) is -8.93. The van der Waals surface area contributed by atoms with Gasteiger partial charge in [0.05, 0.1) is 17.2 Å². The maximum absolute atomic E-state index is 13.3. The SMILES string of the molecule is CN1CCCCC1[C@H](O)c1cc(C(F)(F)F)nc2c(C(F)(F)F)cccc12. The van der Waals surface area contributed by atoms with E-state index in [1.807, 2.05) is 4.90 Å². The number of likely N-dealkylation sites (N-methyl/N-ethyl adjacent to an activating group) is 1. The molecule has 0 saturated carbocycles. The smallest absolute Gasteiger partial charge is 0.387 e. The van der Waals surface area contributed by atoms with E-state index in [4.69, 9.17) is 0 Å². The van der Waals surface area contributed by atoms with Gasteiger partial charge in [-0.2, -0.15) is 26.3 Å². The van der Waals surface area contributed by atoms with Crippen molar-refractivity contribution in [3.63, 3.8) is 0 Å². The molecule has 0 amide bonds. The van der Waals surface area contributed by atoms with Gasteiger partial charge in [-0.1, -0.05) is 18.6 Å². The topological polar surface area (TPSA) is 36.4 Å². The molecule has 1 fully saturated rings. The standard InChI is InChI=1S/C18H18F6N2O/c1-26-8-3-2-7-13(26)16(27)11-9-14(18(22,23)24)25-15-10(11)5-4-6-12(15)17(19,20)21/h4-6,9,13,16,27H,2-3,7-8H2,1H3/t13?,16-/m1/s1. The van der Waals surface area contributed by atoms with Crippen molar-refractivity contribution in [2.75, 3.05) is 13.6 Å². The number of para-hydroxylation sites is 1. The van der Waals surface area contributed by atoms with Crippen molar-refractivity contribution >= 4 is 10.9 Å². The number of benzene rings is 1. The number of hydrogen-bond acceptors (Lipinski definition) is 3. The molecule has 0 spiro atoms. The maximum atomic E-state index is 13.3. The number of rotatable bonds is 2. The van der Waals surface area contributed by atoms with Crippen LogP contribution in [0, 0.1) is 0 Å². The lowest BCUT2D eigenvalue weighted by Crippen LogP contribution is -2.40. The predicted molar refractivity (Wildman–Crippen MR) is 87.0 cm³/mol. The summed E-state index contributed by atoms with van der Waals surface area (Å²) in [4.78, 5) is 5.07. The van der Waals surface area contributed by atoms with Crippen molar-refractivity contribution < 1.29 is 31.4 Å². The molecule has 3 nitrogen and oxygen atoms in total. The molecule has 1 aromatic carbocycles. The Kier molecular flexibility index (Phi) is 5.11. The number of likely N-dealkylation sites (tertiary alicyclic amines) is 1. The Morgan fingerprint density at radius 1 is 1.11 bits per heavy atom. The monoisotopic (exact) mass is 392 g/mol. The van der Waals surface area contributed by atoms with Gasteiger partial charge in [-0.05, 0) is 44.1 Å². The minimum atomic E-state index is -4.93. The highest BCUT2D eigenvalue weighted by molar-refractivity contribution is 5.86. The molecule has 0 bridgehead atoms. The Morgan fingerprint density at radius 3 is 2.41 bits per heavy atom. The third-order valence-corrected chi connectivity index (χ3v) is 4.98. The van der Waals surface area contributed by atoms with Crippen LogP contribution in [0.15, 0.2) is 24.3 Å². The summed E-state index contributed by atoms with van der Waals surface area (Å²) in [5, 5.41) is 10.7. The van der Waals surface area contributed by atoms with Gasteiger partial charge in [-0.15, -0.1) is 0 Å². The van der Waals surface area contributed by atoms with E-state index in [2.05, 4.69) is 4.98 Å². The van der Waals surface area contributed by atoms with Crippen LogP contribution in [-0.4, -0.2) is 34.6 Å². The molecule has 0 aliphatic carbocycles. The maximum Gasteiger partial charge on any atom is 0.433 e. The quantitative estimate of drug-likeness (QED) is 0.747. The largest absolute Gasteiger partial charge is 0.433 e. The average Bonchev–Trinajstić information content (AvgIpc) is 2.58. The first-order chi connectivity index (χ1) is 12.5. The fourth-order valence-corrected chi connectivity index (χ4v) is 3.60. The predicted octanol–water partition coefficient (Wildman–Crippen LogP) is 4.79. The zero-order valence-electron chi connectivity index (χ0n) is 14.4. The summed E-state index contributed by atoms with van der Waals surface area (Å²) in [5.41, 5.74) is -3.68. The van der Waals surface area contributed by atoms with Crippen LogP contribution in [0.3, 0.4) is 0 Å². The van der Waals surface area contributed by atoms with Gasteiger partial charge >= 0.3 is 12.4 Å². The van der Waals surface area contributed by atoms with Gasteiger partial charge < -0.3 is 10.0 Å². The molecule has 3 rings (SSSR count). The summed E-state index contributed by atoms with van der Waals surface area (Å²) < 4.78 is 79.7. The molecular formula is C18H18F6N2O. The minimum Gasteiger partial charge on any atom is -0.387 e. The van der Waals surface area contributed by atoms with E-state index in [0.29, 0.717) is 25.1 Å². The van der Waals surface area contributed by atoms with Crippen LogP contribution in [-0.2, 0) is 12.4 Å². The molecule has 27 heavy (non-hydrogen) atoms. The minimum absolute atomic E-state index is 0.121. The van der Waals surface area contributed by atoms with E-state index in [-0.39, 0.29) is 10.9 Å². The van der Waals surface area contributed by atoms with Crippen molar-refractivity contribution in [1.82, 2.24) is 9.88 Å². The van der Waals surface area contributed by atoms with E-state index in [1.54, 1.807) is 7.05 Å². The first kappa shape index (κ1) is 19.9. The molecule has 1 aromatic heterocycles. The summed E-state index contributed by atoms with van der Waals surface area (Å²) >= 11 is 0. The van der Waals surface area contributed by atoms with Gasteiger partial charge in [0.1, 0.15) is 5.69 Å². The third-order valence-electron chi connectivity index (χ3n) is 4.98. The van der Waals surface area contributed by atoms with Gasteiger partial charge in [-0.25, -0.2) is 4.98 Å². The van der Waals surface area contributed by atoms with Crippen LogP contribution in [0.5, 0.6) is 0 Å².